The minimum absolute atomic E-state index is 0.0865. The molecule has 0 aliphatic rings. The second kappa shape index (κ2) is 22.2. The Morgan fingerprint density at radius 2 is 0.947 bits per heavy atom. The number of hydrogen-bond acceptors (Lipinski definition) is 8. The summed E-state index contributed by atoms with van der Waals surface area (Å²) < 4.78 is 0. The van der Waals surface area contributed by atoms with Crippen LogP contribution < -0.4 is 5.32 Å². The maximum absolute atomic E-state index is 12.3. The quantitative estimate of drug-likeness (QED) is 0.0965. The highest BCUT2D eigenvalue weighted by Crippen LogP contribution is 2.09. The van der Waals surface area contributed by atoms with Crippen LogP contribution in [0.15, 0.2) is 0 Å². The molecular formula is C25H46N4O9. The number of carboxylic acids is 4. The summed E-state index contributed by atoms with van der Waals surface area (Å²) in [6.07, 6.45) is 8.11. The summed E-state index contributed by atoms with van der Waals surface area (Å²) in [5, 5.41) is 38.7. The van der Waals surface area contributed by atoms with E-state index in [9.17, 15) is 29.1 Å². The van der Waals surface area contributed by atoms with Gasteiger partial charge in [0.05, 0.1) is 26.2 Å². The van der Waals surface area contributed by atoms with Crippen LogP contribution in [0.5, 0.6) is 0 Å². The molecule has 0 radical (unpaired) electrons. The van der Waals surface area contributed by atoms with Gasteiger partial charge in [0.1, 0.15) is 0 Å². The molecule has 0 aliphatic heterocycles. The number of carbonyl (C=O) groups is 5. The van der Waals surface area contributed by atoms with Gasteiger partial charge in [-0.1, -0.05) is 45.4 Å². The first-order valence-corrected chi connectivity index (χ1v) is 13.3. The lowest BCUT2D eigenvalue weighted by molar-refractivity contribution is -0.143. The van der Waals surface area contributed by atoms with Gasteiger partial charge >= 0.3 is 23.9 Å². The van der Waals surface area contributed by atoms with Gasteiger partial charge in [-0.3, -0.25) is 38.7 Å². The molecule has 0 bridgehead atoms. The summed E-state index contributed by atoms with van der Waals surface area (Å²) in [6.45, 7) is 3.09. The van der Waals surface area contributed by atoms with E-state index >= 15 is 0 Å². The van der Waals surface area contributed by atoms with Crippen molar-refractivity contribution in [2.45, 2.75) is 64.7 Å². The minimum atomic E-state index is -1.16. The number of carboxylic acid groups (broad SMARTS) is 4. The maximum atomic E-state index is 12.3. The highest BCUT2D eigenvalue weighted by molar-refractivity contribution is 5.78. The fraction of sp³-hybridized carbons (Fsp3) is 0.800. The molecule has 220 valence electrons. The molecule has 13 heteroatoms. The molecule has 38 heavy (non-hydrogen) atoms. The fourth-order valence-electron chi connectivity index (χ4n) is 3.92. The first-order valence-electron chi connectivity index (χ1n) is 13.3. The molecular weight excluding hydrogens is 500 g/mol. The molecule has 0 rings (SSSR count). The van der Waals surface area contributed by atoms with E-state index in [2.05, 4.69) is 5.32 Å². The Morgan fingerprint density at radius 1 is 0.526 bits per heavy atom. The summed E-state index contributed by atoms with van der Waals surface area (Å²) in [7, 11) is 0. The van der Waals surface area contributed by atoms with Crippen LogP contribution in [-0.2, 0) is 24.0 Å². The Balaban J connectivity index is 4.26. The number of hydrogen-bond donors (Lipinski definition) is 5. The van der Waals surface area contributed by atoms with Gasteiger partial charge in [0, 0.05) is 39.1 Å². The standard InChI is InChI=1S/C25H46N4O9/c1-2-27(17-21(30)26-12-10-8-6-4-3-5-7-9-11-22(31)32)13-14-28(18-23(33)34)15-16-29(19-24(35)36)20-25(37)38/h2-20H2,1H3,(H,26,30)(H,31,32)(H,33,34)(H,35,36)(H,37,38). The van der Waals surface area contributed by atoms with Gasteiger partial charge in [0.15, 0.2) is 0 Å². The van der Waals surface area contributed by atoms with Crippen molar-refractivity contribution in [2.24, 2.45) is 0 Å². The van der Waals surface area contributed by atoms with Crippen molar-refractivity contribution in [3.63, 3.8) is 0 Å². The number of rotatable bonds is 26. The van der Waals surface area contributed by atoms with E-state index in [1.807, 2.05) is 11.8 Å². The molecule has 0 fully saturated rings. The van der Waals surface area contributed by atoms with E-state index in [0.29, 0.717) is 26.2 Å². The largest absolute Gasteiger partial charge is 0.481 e. The number of aliphatic carboxylic acids is 4. The third-order valence-electron chi connectivity index (χ3n) is 6.00. The molecule has 5 N–H and O–H groups in total. The number of unbranched alkanes of at least 4 members (excludes halogenated alkanes) is 7. The predicted octanol–water partition coefficient (Wildman–Crippen LogP) is 0.878. The number of nitrogens with zero attached hydrogens (tertiary/aromatic N) is 3. The summed E-state index contributed by atoms with van der Waals surface area (Å²) in [6, 6.07) is 0. The van der Waals surface area contributed by atoms with Crippen molar-refractivity contribution in [1.29, 1.82) is 0 Å². The summed E-state index contributed by atoms with van der Waals surface area (Å²) in [5.74, 6) is -4.23. The van der Waals surface area contributed by atoms with Crippen LogP contribution in [-0.4, -0.2) is 130 Å². The molecule has 0 saturated heterocycles. The number of nitrogens with one attached hydrogen (secondary N) is 1. The molecule has 0 aromatic carbocycles. The minimum Gasteiger partial charge on any atom is -0.481 e. The second-order valence-electron chi connectivity index (χ2n) is 9.36. The molecule has 0 heterocycles. The third-order valence-corrected chi connectivity index (χ3v) is 6.00. The zero-order valence-electron chi connectivity index (χ0n) is 22.6. The first-order chi connectivity index (χ1) is 18.0. The smallest absolute Gasteiger partial charge is 0.317 e. The molecule has 0 saturated carbocycles. The second-order valence-corrected chi connectivity index (χ2v) is 9.36. The average molecular weight is 547 g/mol. The highest BCUT2D eigenvalue weighted by Gasteiger charge is 2.18. The molecule has 0 atom stereocenters. The molecule has 0 spiro atoms. The lowest BCUT2D eigenvalue weighted by Crippen LogP contribution is -2.45. The molecule has 1 amide bonds. The normalized spacial score (nSPS) is 11.3. The van der Waals surface area contributed by atoms with Gasteiger partial charge in [-0.25, -0.2) is 0 Å². The van der Waals surface area contributed by atoms with Crippen LogP contribution in [0, 0.1) is 0 Å². The lowest BCUT2D eigenvalue weighted by Gasteiger charge is -2.27. The Hall–Kier alpha value is -2.77. The first kappa shape index (κ1) is 35.2. The van der Waals surface area contributed by atoms with Crippen molar-refractivity contribution in [1.82, 2.24) is 20.0 Å². The van der Waals surface area contributed by atoms with Gasteiger partial charge in [0.2, 0.25) is 5.91 Å². The van der Waals surface area contributed by atoms with Crippen LogP contribution in [0.2, 0.25) is 0 Å². The molecule has 0 unspecified atom stereocenters. The Morgan fingerprint density at radius 3 is 1.42 bits per heavy atom. The Labute approximate surface area is 224 Å². The SMILES string of the molecule is CCN(CCN(CCN(CC(=O)O)CC(=O)O)CC(=O)O)CC(=O)NCCCCCCCCCCC(=O)O. The van der Waals surface area contributed by atoms with E-state index in [1.165, 1.54) is 4.90 Å². The van der Waals surface area contributed by atoms with E-state index < -0.39 is 37.0 Å². The van der Waals surface area contributed by atoms with E-state index in [0.717, 1.165) is 51.4 Å². The molecule has 0 aliphatic carbocycles. The summed E-state index contributed by atoms with van der Waals surface area (Å²) >= 11 is 0. The van der Waals surface area contributed by atoms with Crippen LogP contribution in [0.25, 0.3) is 0 Å². The van der Waals surface area contributed by atoms with Gasteiger partial charge in [-0.2, -0.15) is 0 Å². The summed E-state index contributed by atoms with van der Waals surface area (Å²) in [4.78, 5) is 60.7. The van der Waals surface area contributed by atoms with Crippen molar-refractivity contribution in [2.75, 3.05) is 65.4 Å². The summed E-state index contributed by atoms with van der Waals surface area (Å²) in [5.41, 5.74) is 0. The Kier molecular flexibility index (Phi) is 20.6. The van der Waals surface area contributed by atoms with Crippen LogP contribution in [0.3, 0.4) is 0 Å². The Bertz CT molecular complexity index is 705. The van der Waals surface area contributed by atoms with Crippen LogP contribution >= 0.6 is 0 Å². The topological polar surface area (TPSA) is 188 Å². The lowest BCUT2D eigenvalue weighted by atomic mass is 10.1. The third kappa shape index (κ3) is 22.4. The van der Waals surface area contributed by atoms with E-state index in [-0.39, 0.29) is 38.5 Å². The maximum Gasteiger partial charge on any atom is 0.317 e. The van der Waals surface area contributed by atoms with Gasteiger partial charge < -0.3 is 25.7 Å². The van der Waals surface area contributed by atoms with Gasteiger partial charge in [-0.15, -0.1) is 0 Å². The monoisotopic (exact) mass is 546 g/mol. The van der Waals surface area contributed by atoms with E-state index in [4.69, 9.17) is 15.3 Å². The van der Waals surface area contributed by atoms with Crippen molar-refractivity contribution in [3.8, 4) is 0 Å². The van der Waals surface area contributed by atoms with Crippen molar-refractivity contribution >= 4 is 29.8 Å². The zero-order chi connectivity index (χ0) is 28.8. The van der Waals surface area contributed by atoms with E-state index in [1.54, 1.807) is 4.90 Å². The molecule has 0 aromatic heterocycles. The zero-order valence-corrected chi connectivity index (χ0v) is 22.6. The van der Waals surface area contributed by atoms with Crippen molar-refractivity contribution in [3.05, 3.63) is 0 Å². The average Bonchev–Trinajstić information content (AvgIpc) is 2.81. The van der Waals surface area contributed by atoms with Gasteiger partial charge in [-0.05, 0) is 19.4 Å². The predicted molar refractivity (Wildman–Crippen MR) is 140 cm³/mol. The number of carbonyl (C=O) groups excluding carboxylic acids is 1. The van der Waals surface area contributed by atoms with Crippen LogP contribution in [0.1, 0.15) is 64.7 Å². The highest BCUT2D eigenvalue weighted by atomic mass is 16.4. The van der Waals surface area contributed by atoms with Gasteiger partial charge in [0.25, 0.3) is 0 Å². The fourth-order valence-corrected chi connectivity index (χ4v) is 3.92. The number of amides is 1. The molecule has 0 aromatic rings. The van der Waals surface area contributed by atoms with Crippen LogP contribution in [0.4, 0.5) is 0 Å². The number of likely N-dealkylation sites (N-methyl/N-ethyl adjacent to an activating group) is 1. The van der Waals surface area contributed by atoms with Crippen molar-refractivity contribution < 1.29 is 44.4 Å². The molecule has 13 nitrogen and oxygen atoms in total.